The Morgan fingerprint density at radius 1 is 1.40 bits per heavy atom. The van der Waals surface area contributed by atoms with Crippen LogP contribution in [0.5, 0.6) is 5.75 Å². The number of nitrogens with one attached hydrogen (secondary N) is 1. The van der Waals surface area contributed by atoms with Crippen molar-refractivity contribution in [2.24, 2.45) is 0 Å². The fourth-order valence-corrected chi connectivity index (χ4v) is 2.31. The number of aromatic amines is 1. The molecule has 102 valence electrons. The second-order valence-corrected chi connectivity index (χ2v) is 4.79. The molecule has 0 atom stereocenters. The zero-order valence-electron chi connectivity index (χ0n) is 10.9. The van der Waals surface area contributed by atoms with Crippen molar-refractivity contribution in [3.05, 3.63) is 59.6 Å². The second-order valence-electron chi connectivity index (χ2n) is 4.79. The second kappa shape index (κ2) is 5.21. The fourth-order valence-electron chi connectivity index (χ4n) is 2.31. The van der Waals surface area contributed by atoms with Gasteiger partial charge in [-0.3, -0.25) is 9.89 Å². The molecule has 0 radical (unpaired) electrons. The summed E-state index contributed by atoms with van der Waals surface area (Å²) in [4.78, 5) is 14.1. The van der Waals surface area contributed by atoms with E-state index in [0.29, 0.717) is 5.56 Å². The molecule has 2 heterocycles. The molecule has 2 N–H and O–H groups in total. The molecule has 5 nitrogen and oxygen atoms in total. The number of nitrogens with zero attached hydrogens (tertiary/aromatic N) is 2. The van der Waals surface area contributed by atoms with E-state index in [1.807, 2.05) is 6.20 Å². The Morgan fingerprint density at radius 2 is 2.25 bits per heavy atom. The molecule has 0 aliphatic carbocycles. The summed E-state index contributed by atoms with van der Waals surface area (Å²) >= 11 is 0. The van der Waals surface area contributed by atoms with Gasteiger partial charge in [-0.1, -0.05) is 12.1 Å². The van der Waals surface area contributed by atoms with Crippen LogP contribution in [0.2, 0.25) is 0 Å². The summed E-state index contributed by atoms with van der Waals surface area (Å²) in [6.07, 6.45) is 6.04. The van der Waals surface area contributed by atoms with Crippen LogP contribution in [0.25, 0.3) is 0 Å². The summed E-state index contributed by atoms with van der Waals surface area (Å²) in [6, 6.07) is 6.56. The summed E-state index contributed by atoms with van der Waals surface area (Å²) in [5.74, 6) is -0.185. The molecule has 1 aliphatic heterocycles. The van der Waals surface area contributed by atoms with E-state index < -0.39 is 0 Å². The van der Waals surface area contributed by atoms with Gasteiger partial charge in [-0.15, -0.1) is 0 Å². The Kier molecular flexibility index (Phi) is 3.25. The predicted octanol–water partition coefficient (Wildman–Crippen LogP) is 1.87. The Morgan fingerprint density at radius 3 is 3.10 bits per heavy atom. The third kappa shape index (κ3) is 2.42. The topological polar surface area (TPSA) is 69.2 Å². The van der Waals surface area contributed by atoms with E-state index >= 15 is 0 Å². The van der Waals surface area contributed by atoms with Gasteiger partial charge >= 0.3 is 0 Å². The maximum atomic E-state index is 12.0. The summed E-state index contributed by atoms with van der Waals surface area (Å²) in [5.41, 5.74) is 2.65. The Labute approximate surface area is 116 Å². The van der Waals surface area contributed by atoms with Crippen LogP contribution in [-0.2, 0) is 13.0 Å². The molecule has 0 unspecified atom stereocenters. The van der Waals surface area contributed by atoms with Crippen LogP contribution in [0.4, 0.5) is 0 Å². The van der Waals surface area contributed by atoms with Crippen LogP contribution in [-0.4, -0.2) is 32.5 Å². The smallest absolute Gasteiger partial charge is 0.190 e. The number of phenols is 1. The maximum absolute atomic E-state index is 12.0. The molecule has 5 heteroatoms. The van der Waals surface area contributed by atoms with Gasteiger partial charge in [-0.2, -0.15) is 5.10 Å². The standard InChI is InChI=1S/C15H15N3O2/c19-14-4-2-1-3-12(14)15(20)6-8-18-7-5-11-9-16-17-13(11)10-18/h1-4,6,8-9,19H,5,7,10H2,(H,16,17)/b8-6+. The van der Waals surface area contributed by atoms with Crippen LogP contribution in [0.15, 0.2) is 42.7 Å². The summed E-state index contributed by atoms with van der Waals surface area (Å²) < 4.78 is 0. The summed E-state index contributed by atoms with van der Waals surface area (Å²) in [6.45, 7) is 1.58. The molecular formula is C15H15N3O2. The van der Waals surface area contributed by atoms with Crippen molar-refractivity contribution in [3.63, 3.8) is 0 Å². The number of carbonyl (C=O) groups is 1. The van der Waals surface area contributed by atoms with Gasteiger partial charge in [0.1, 0.15) is 5.75 Å². The number of hydrogen-bond acceptors (Lipinski definition) is 4. The number of fused-ring (bicyclic) bond motifs is 1. The number of allylic oxidation sites excluding steroid dienone is 1. The lowest BCUT2D eigenvalue weighted by atomic mass is 10.1. The number of aromatic hydroxyl groups is 1. The van der Waals surface area contributed by atoms with Crippen molar-refractivity contribution >= 4 is 5.78 Å². The fraction of sp³-hybridized carbons (Fsp3) is 0.200. The van der Waals surface area contributed by atoms with Gasteiger partial charge in [0, 0.05) is 18.8 Å². The van der Waals surface area contributed by atoms with Gasteiger partial charge in [0.2, 0.25) is 0 Å². The first-order valence-electron chi connectivity index (χ1n) is 6.50. The molecule has 20 heavy (non-hydrogen) atoms. The minimum atomic E-state index is -0.196. The first-order valence-corrected chi connectivity index (χ1v) is 6.50. The maximum Gasteiger partial charge on any atom is 0.190 e. The molecule has 0 saturated carbocycles. The van der Waals surface area contributed by atoms with Crippen molar-refractivity contribution in [1.82, 2.24) is 15.1 Å². The van der Waals surface area contributed by atoms with Gasteiger partial charge in [-0.25, -0.2) is 0 Å². The van der Waals surface area contributed by atoms with Crippen LogP contribution >= 0.6 is 0 Å². The predicted molar refractivity (Wildman–Crippen MR) is 74.3 cm³/mol. The number of para-hydroxylation sites is 1. The average Bonchev–Trinajstić information content (AvgIpc) is 2.92. The van der Waals surface area contributed by atoms with Gasteiger partial charge in [0.05, 0.1) is 24.0 Å². The van der Waals surface area contributed by atoms with Gasteiger partial charge in [0.25, 0.3) is 0 Å². The number of aromatic nitrogens is 2. The molecular weight excluding hydrogens is 254 g/mol. The van der Waals surface area contributed by atoms with Crippen LogP contribution in [0, 0.1) is 0 Å². The Hall–Kier alpha value is -2.56. The van der Waals surface area contributed by atoms with Crippen molar-refractivity contribution in [1.29, 1.82) is 0 Å². The van der Waals surface area contributed by atoms with E-state index in [-0.39, 0.29) is 11.5 Å². The monoisotopic (exact) mass is 269 g/mol. The molecule has 1 aromatic carbocycles. The Balaban J connectivity index is 1.70. The van der Waals surface area contributed by atoms with Gasteiger partial charge < -0.3 is 10.0 Å². The quantitative estimate of drug-likeness (QED) is 0.659. The largest absolute Gasteiger partial charge is 0.507 e. The van der Waals surface area contributed by atoms with E-state index in [9.17, 15) is 9.90 Å². The first-order chi connectivity index (χ1) is 9.74. The van der Waals surface area contributed by atoms with E-state index in [0.717, 1.165) is 25.2 Å². The number of rotatable bonds is 3. The van der Waals surface area contributed by atoms with E-state index in [2.05, 4.69) is 15.1 Å². The SMILES string of the molecule is O=C(/C=C/N1CCc2cn[nH]c2C1)c1ccccc1O. The van der Waals surface area contributed by atoms with E-state index in [4.69, 9.17) is 0 Å². The number of carbonyl (C=O) groups excluding carboxylic acids is 1. The zero-order valence-corrected chi connectivity index (χ0v) is 10.9. The number of ketones is 1. The number of benzene rings is 1. The van der Waals surface area contributed by atoms with Gasteiger partial charge in [-0.05, 0) is 24.1 Å². The minimum Gasteiger partial charge on any atom is -0.507 e. The third-order valence-corrected chi connectivity index (χ3v) is 3.44. The lowest BCUT2D eigenvalue weighted by Crippen LogP contribution is -2.25. The first kappa shape index (κ1) is 12.5. The molecule has 2 aromatic rings. The van der Waals surface area contributed by atoms with Crippen molar-refractivity contribution in [2.75, 3.05) is 6.54 Å². The van der Waals surface area contributed by atoms with Crippen LogP contribution in [0.3, 0.4) is 0 Å². The van der Waals surface area contributed by atoms with E-state index in [1.165, 1.54) is 17.7 Å². The normalized spacial score (nSPS) is 14.5. The van der Waals surface area contributed by atoms with Crippen LogP contribution < -0.4 is 0 Å². The highest BCUT2D eigenvalue weighted by atomic mass is 16.3. The number of H-pyrrole nitrogens is 1. The van der Waals surface area contributed by atoms with Crippen LogP contribution in [0.1, 0.15) is 21.6 Å². The molecule has 0 saturated heterocycles. The lowest BCUT2D eigenvalue weighted by molar-refractivity contribution is 0.104. The molecule has 0 fully saturated rings. The number of phenolic OH excluding ortho intramolecular Hbond substituents is 1. The molecule has 0 amide bonds. The molecule has 3 rings (SSSR count). The van der Waals surface area contributed by atoms with Crippen molar-refractivity contribution in [2.45, 2.75) is 13.0 Å². The minimum absolute atomic E-state index is 0.0108. The summed E-state index contributed by atoms with van der Waals surface area (Å²) in [7, 11) is 0. The molecule has 1 aliphatic rings. The van der Waals surface area contributed by atoms with Gasteiger partial charge in [0.15, 0.2) is 5.78 Å². The highest BCUT2D eigenvalue weighted by Crippen LogP contribution is 2.18. The number of hydrogen-bond donors (Lipinski definition) is 2. The van der Waals surface area contributed by atoms with E-state index in [1.54, 1.807) is 24.4 Å². The zero-order chi connectivity index (χ0) is 13.9. The average molecular weight is 269 g/mol. The lowest BCUT2D eigenvalue weighted by Gasteiger charge is -2.24. The summed E-state index contributed by atoms with van der Waals surface area (Å²) in [5, 5.41) is 16.6. The third-order valence-electron chi connectivity index (χ3n) is 3.44. The molecule has 0 spiro atoms. The molecule has 1 aromatic heterocycles. The van der Waals surface area contributed by atoms with Crippen molar-refractivity contribution in [3.8, 4) is 5.75 Å². The van der Waals surface area contributed by atoms with Crippen molar-refractivity contribution < 1.29 is 9.90 Å². The highest BCUT2D eigenvalue weighted by Gasteiger charge is 2.15. The molecule has 0 bridgehead atoms. The Bertz CT molecular complexity index is 661. The highest BCUT2D eigenvalue weighted by molar-refractivity contribution is 6.06.